The second-order valence-electron chi connectivity index (χ2n) is 4.66. The van der Waals surface area contributed by atoms with E-state index in [9.17, 15) is 23.7 Å². The van der Waals surface area contributed by atoms with Crippen molar-refractivity contribution < 1.29 is 18.5 Å². The third-order valence-electron chi connectivity index (χ3n) is 2.76. The van der Waals surface area contributed by atoms with Crippen molar-refractivity contribution in [2.75, 3.05) is 5.32 Å². The number of rotatable bonds is 5. The fourth-order valence-corrected chi connectivity index (χ4v) is 1.72. The van der Waals surface area contributed by atoms with Crippen LogP contribution in [0.2, 0.25) is 0 Å². The van der Waals surface area contributed by atoms with Gasteiger partial charge in [-0.25, -0.2) is 8.78 Å². The van der Waals surface area contributed by atoms with Crippen LogP contribution >= 0.6 is 0 Å². The molecule has 1 atom stereocenters. The van der Waals surface area contributed by atoms with Gasteiger partial charge in [0.2, 0.25) is 5.91 Å². The predicted octanol–water partition coefficient (Wildman–Crippen LogP) is 2.33. The van der Waals surface area contributed by atoms with E-state index in [-0.39, 0.29) is 0 Å². The summed E-state index contributed by atoms with van der Waals surface area (Å²) in [6.45, 7) is 3.23. The Labute approximate surface area is 114 Å². The molecular weight excluding hydrogens is 272 g/mol. The number of halogens is 2. The predicted molar refractivity (Wildman–Crippen MR) is 69.1 cm³/mol. The van der Waals surface area contributed by atoms with E-state index in [2.05, 4.69) is 5.32 Å². The van der Waals surface area contributed by atoms with Crippen LogP contribution in [0.4, 0.5) is 20.2 Å². The number of amides is 1. The maximum absolute atomic E-state index is 13.6. The van der Waals surface area contributed by atoms with E-state index in [1.807, 2.05) is 0 Å². The molecule has 0 aliphatic carbocycles. The summed E-state index contributed by atoms with van der Waals surface area (Å²) in [7, 11) is 0. The summed E-state index contributed by atoms with van der Waals surface area (Å²) in [5.74, 6) is -3.10. The molecule has 110 valence electrons. The average Bonchev–Trinajstić information content (AvgIpc) is 2.31. The monoisotopic (exact) mass is 287 g/mol. The second-order valence-corrected chi connectivity index (χ2v) is 4.66. The molecule has 1 aromatic carbocycles. The fraction of sp³-hybridized carbons (Fsp3) is 0.417. The molecule has 0 aromatic heterocycles. The van der Waals surface area contributed by atoms with Gasteiger partial charge in [-0.3, -0.25) is 14.9 Å². The number of nitro groups is 1. The third kappa shape index (κ3) is 3.47. The molecular formula is C12H15F2N3O3. The van der Waals surface area contributed by atoms with Crippen LogP contribution in [0.3, 0.4) is 0 Å². The summed E-state index contributed by atoms with van der Waals surface area (Å²) in [5, 5.41) is 12.8. The van der Waals surface area contributed by atoms with E-state index in [0.717, 1.165) is 0 Å². The quantitative estimate of drug-likeness (QED) is 0.641. The molecule has 1 rings (SSSR count). The van der Waals surface area contributed by atoms with Gasteiger partial charge in [-0.2, -0.15) is 0 Å². The van der Waals surface area contributed by atoms with Gasteiger partial charge in [-0.05, 0) is 13.3 Å². The number of nitro benzene ring substituents is 1. The van der Waals surface area contributed by atoms with Crippen molar-refractivity contribution in [1.29, 1.82) is 0 Å². The van der Waals surface area contributed by atoms with Gasteiger partial charge in [-0.15, -0.1) is 0 Å². The normalized spacial score (nSPS) is 13.7. The Morgan fingerprint density at radius 2 is 2.10 bits per heavy atom. The molecule has 20 heavy (non-hydrogen) atoms. The standard InChI is InChI=1S/C12H15F2N3O3/c1-3-4-12(2,15)11(18)16-10-8(14)5-7(13)6-9(10)17(19)20/h5-6H,3-4,15H2,1-2H3,(H,16,18). The van der Waals surface area contributed by atoms with Crippen molar-refractivity contribution in [2.24, 2.45) is 5.73 Å². The third-order valence-corrected chi connectivity index (χ3v) is 2.76. The molecule has 1 aromatic rings. The fourth-order valence-electron chi connectivity index (χ4n) is 1.72. The molecule has 0 saturated carbocycles. The largest absolute Gasteiger partial charge is 0.318 e. The van der Waals surface area contributed by atoms with Crippen LogP contribution in [0.25, 0.3) is 0 Å². The molecule has 0 fully saturated rings. The Kier molecular flexibility index (Phi) is 4.72. The van der Waals surface area contributed by atoms with Crippen LogP contribution in [0.5, 0.6) is 0 Å². The lowest BCUT2D eigenvalue weighted by atomic mass is 9.96. The molecule has 0 spiro atoms. The van der Waals surface area contributed by atoms with Crippen LogP contribution in [-0.4, -0.2) is 16.4 Å². The molecule has 1 amide bonds. The van der Waals surface area contributed by atoms with Crippen molar-refractivity contribution in [3.63, 3.8) is 0 Å². The SMILES string of the molecule is CCCC(C)(N)C(=O)Nc1c(F)cc(F)cc1[N+](=O)[O-]. The summed E-state index contributed by atoms with van der Waals surface area (Å²) in [6.07, 6.45) is 0.920. The lowest BCUT2D eigenvalue weighted by molar-refractivity contribution is -0.384. The highest BCUT2D eigenvalue weighted by molar-refractivity contribution is 5.99. The lowest BCUT2D eigenvalue weighted by Crippen LogP contribution is -2.48. The smallest absolute Gasteiger partial charge is 0.298 e. The Morgan fingerprint density at radius 1 is 1.50 bits per heavy atom. The minimum atomic E-state index is -1.30. The first-order valence-electron chi connectivity index (χ1n) is 5.92. The number of nitrogens with two attached hydrogens (primary N) is 1. The highest BCUT2D eigenvalue weighted by Gasteiger charge is 2.30. The van der Waals surface area contributed by atoms with Gasteiger partial charge in [0, 0.05) is 6.07 Å². The molecule has 0 aliphatic heterocycles. The van der Waals surface area contributed by atoms with E-state index in [1.54, 1.807) is 6.92 Å². The summed E-state index contributed by atoms with van der Waals surface area (Å²) >= 11 is 0. The molecule has 0 heterocycles. The number of anilines is 1. The van der Waals surface area contributed by atoms with Crippen molar-refractivity contribution in [1.82, 2.24) is 0 Å². The zero-order valence-electron chi connectivity index (χ0n) is 11.1. The first-order valence-corrected chi connectivity index (χ1v) is 5.92. The van der Waals surface area contributed by atoms with Crippen molar-refractivity contribution in [3.8, 4) is 0 Å². The summed E-state index contributed by atoms with van der Waals surface area (Å²) in [6, 6.07) is 0.989. The summed E-state index contributed by atoms with van der Waals surface area (Å²) in [4.78, 5) is 21.7. The number of nitrogens with one attached hydrogen (secondary N) is 1. The summed E-state index contributed by atoms with van der Waals surface area (Å²) in [5.41, 5.74) is 2.90. The van der Waals surface area contributed by atoms with Gasteiger partial charge in [0.15, 0.2) is 11.5 Å². The lowest BCUT2D eigenvalue weighted by Gasteiger charge is -2.22. The number of carbonyl (C=O) groups excluding carboxylic acids is 1. The van der Waals surface area contributed by atoms with E-state index in [1.165, 1.54) is 6.92 Å². The Balaban J connectivity index is 3.15. The highest BCUT2D eigenvalue weighted by Crippen LogP contribution is 2.29. The topological polar surface area (TPSA) is 98.3 Å². The molecule has 0 aliphatic rings. The number of nitrogens with zero attached hydrogens (tertiary/aromatic N) is 1. The first kappa shape index (κ1) is 16.0. The van der Waals surface area contributed by atoms with Gasteiger partial charge in [0.25, 0.3) is 5.69 Å². The van der Waals surface area contributed by atoms with Gasteiger partial charge in [0.1, 0.15) is 5.82 Å². The number of hydrogen-bond donors (Lipinski definition) is 2. The van der Waals surface area contributed by atoms with Gasteiger partial charge in [-0.1, -0.05) is 13.3 Å². The molecule has 0 saturated heterocycles. The Morgan fingerprint density at radius 3 is 2.60 bits per heavy atom. The average molecular weight is 287 g/mol. The molecule has 1 unspecified atom stereocenters. The molecule has 0 radical (unpaired) electrons. The van der Waals surface area contributed by atoms with E-state index >= 15 is 0 Å². The summed E-state index contributed by atoms with van der Waals surface area (Å²) < 4.78 is 26.6. The maximum Gasteiger partial charge on any atom is 0.298 e. The molecule has 3 N–H and O–H groups in total. The number of benzene rings is 1. The van der Waals surface area contributed by atoms with E-state index in [0.29, 0.717) is 25.0 Å². The zero-order chi connectivity index (χ0) is 15.5. The Bertz CT molecular complexity index is 547. The highest BCUT2D eigenvalue weighted by atomic mass is 19.1. The van der Waals surface area contributed by atoms with E-state index < -0.39 is 39.4 Å². The Hall–Kier alpha value is -2.09. The first-order chi connectivity index (χ1) is 9.19. The number of carbonyl (C=O) groups is 1. The number of hydrogen-bond acceptors (Lipinski definition) is 4. The van der Waals surface area contributed by atoms with Crippen molar-refractivity contribution in [2.45, 2.75) is 32.2 Å². The van der Waals surface area contributed by atoms with Gasteiger partial charge >= 0.3 is 0 Å². The van der Waals surface area contributed by atoms with E-state index in [4.69, 9.17) is 5.73 Å². The molecule has 6 nitrogen and oxygen atoms in total. The zero-order valence-corrected chi connectivity index (χ0v) is 11.1. The molecule has 8 heteroatoms. The molecule has 0 bridgehead atoms. The van der Waals surface area contributed by atoms with Crippen molar-refractivity contribution >= 4 is 17.3 Å². The van der Waals surface area contributed by atoms with Crippen LogP contribution in [0.15, 0.2) is 12.1 Å². The van der Waals surface area contributed by atoms with Crippen LogP contribution in [-0.2, 0) is 4.79 Å². The van der Waals surface area contributed by atoms with Gasteiger partial charge < -0.3 is 11.1 Å². The minimum Gasteiger partial charge on any atom is -0.318 e. The second kappa shape index (κ2) is 5.91. The van der Waals surface area contributed by atoms with Crippen LogP contribution in [0, 0.1) is 21.7 Å². The van der Waals surface area contributed by atoms with Crippen LogP contribution in [0.1, 0.15) is 26.7 Å². The van der Waals surface area contributed by atoms with Gasteiger partial charge in [0.05, 0.1) is 16.5 Å². The maximum atomic E-state index is 13.6. The van der Waals surface area contributed by atoms with Crippen LogP contribution < -0.4 is 11.1 Å². The van der Waals surface area contributed by atoms with Crippen molar-refractivity contribution in [3.05, 3.63) is 33.9 Å². The minimum absolute atomic E-state index is 0.315.